The molecule has 0 bridgehead atoms. The second-order valence-electron chi connectivity index (χ2n) is 5.44. The van der Waals surface area contributed by atoms with Crippen LogP contribution in [0, 0.1) is 0 Å². The van der Waals surface area contributed by atoms with Crippen molar-refractivity contribution in [3.05, 3.63) is 79.0 Å². The van der Waals surface area contributed by atoms with Gasteiger partial charge in [-0.2, -0.15) is 0 Å². The smallest absolute Gasteiger partial charge is 0.268 e. The van der Waals surface area contributed by atoms with E-state index in [1.165, 1.54) is 0 Å². The van der Waals surface area contributed by atoms with Crippen LogP contribution in [0.5, 0.6) is 5.75 Å². The van der Waals surface area contributed by atoms with E-state index in [0.29, 0.717) is 5.75 Å². The minimum atomic E-state index is -0.0839. The van der Waals surface area contributed by atoms with Gasteiger partial charge in [-0.25, -0.2) is 0 Å². The molecular formula is C20H15NO2. The van der Waals surface area contributed by atoms with Crippen LogP contribution in [0.1, 0.15) is 4.79 Å². The Morgan fingerprint density at radius 1 is 0.826 bits per heavy atom. The third-order valence-electron chi connectivity index (χ3n) is 3.95. The molecule has 0 aliphatic heterocycles. The number of benzene rings is 3. The summed E-state index contributed by atoms with van der Waals surface area (Å²) < 4.78 is 7.31. The van der Waals surface area contributed by atoms with Crippen molar-refractivity contribution in [2.75, 3.05) is 6.61 Å². The second-order valence-corrected chi connectivity index (χ2v) is 5.44. The SMILES string of the molecule is O=C(COc1ccc2ccccc2c1)n1ccc2ccccc21. The van der Waals surface area contributed by atoms with Crippen LogP contribution in [-0.2, 0) is 0 Å². The molecule has 23 heavy (non-hydrogen) atoms. The largest absolute Gasteiger partial charge is 0.484 e. The summed E-state index contributed by atoms with van der Waals surface area (Å²) in [6, 6.07) is 23.7. The van der Waals surface area contributed by atoms with Gasteiger partial charge in [0.25, 0.3) is 5.91 Å². The fraction of sp³-hybridized carbons (Fsp3) is 0.0500. The number of hydrogen-bond donors (Lipinski definition) is 0. The Hall–Kier alpha value is -3.07. The van der Waals surface area contributed by atoms with Crippen LogP contribution in [0.4, 0.5) is 0 Å². The van der Waals surface area contributed by atoms with Crippen LogP contribution in [0.3, 0.4) is 0 Å². The minimum Gasteiger partial charge on any atom is -0.484 e. The molecule has 0 radical (unpaired) electrons. The van der Waals surface area contributed by atoms with E-state index in [1.807, 2.05) is 66.7 Å². The fourth-order valence-corrected chi connectivity index (χ4v) is 2.77. The molecule has 112 valence electrons. The molecule has 1 aromatic heterocycles. The Bertz CT molecular complexity index is 1000. The molecule has 0 saturated carbocycles. The van der Waals surface area contributed by atoms with E-state index in [0.717, 1.165) is 21.7 Å². The monoisotopic (exact) mass is 301 g/mol. The van der Waals surface area contributed by atoms with Gasteiger partial charge in [0, 0.05) is 11.6 Å². The van der Waals surface area contributed by atoms with Crippen molar-refractivity contribution in [3.8, 4) is 5.75 Å². The van der Waals surface area contributed by atoms with Gasteiger partial charge in [-0.3, -0.25) is 9.36 Å². The molecule has 3 aromatic carbocycles. The Labute approximate surface area is 133 Å². The molecule has 0 spiro atoms. The number of aromatic nitrogens is 1. The summed E-state index contributed by atoms with van der Waals surface area (Å²) in [5, 5.41) is 3.30. The second kappa shape index (κ2) is 5.61. The molecule has 0 aliphatic carbocycles. The van der Waals surface area contributed by atoms with Gasteiger partial charge in [-0.1, -0.05) is 48.5 Å². The average Bonchev–Trinajstić information content (AvgIpc) is 3.03. The van der Waals surface area contributed by atoms with E-state index in [2.05, 4.69) is 6.07 Å². The molecular weight excluding hydrogens is 286 g/mol. The van der Waals surface area contributed by atoms with Crippen molar-refractivity contribution >= 4 is 27.6 Å². The third-order valence-corrected chi connectivity index (χ3v) is 3.95. The third kappa shape index (κ3) is 2.57. The maximum absolute atomic E-state index is 12.4. The summed E-state index contributed by atoms with van der Waals surface area (Å²) in [7, 11) is 0. The highest BCUT2D eigenvalue weighted by molar-refractivity contribution is 5.93. The average molecular weight is 301 g/mol. The van der Waals surface area contributed by atoms with Gasteiger partial charge < -0.3 is 4.74 Å². The molecule has 4 rings (SSSR count). The molecule has 0 fully saturated rings. The maximum Gasteiger partial charge on any atom is 0.268 e. The first kappa shape index (κ1) is 13.6. The van der Waals surface area contributed by atoms with Crippen molar-refractivity contribution in [2.24, 2.45) is 0 Å². The number of nitrogens with zero attached hydrogens (tertiary/aromatic N) is 1. The Morgan fingerprint density at radius 3 is 2.43 bits per heavy atom. The van der Waals surface area contributed by atoms with E-state index in [-0.39, 0.29) is 12.5 Å². The lowest BCUT2D eigenvalue weighted by Crippen LogP contribution is -2.18. The summed E-state index contributed by atoms with van der Waals surface area (Å²) in [5.74, 6) is 0.618. The van der Waals surface area contributed by atoms with Gasteiger partial charge in [0.1, 0.15) is 5.75 Å². The first-order valence-corrected chi connectivity index (χ1v) is 7.52. The Balaban J connectivity index is 1.54. The Morgan fingerprint density at radius 2 is 1.57 bits per heavy atom. The van der Waals surface area contributed by atoms with Gasteiger partial charge in [0.05, 0.1) is 5.52 Å². The lowest BCUT2D eigenvalue weighted by Gasteiger charge is -2.08. The number of hydrogen-bond acceptors (Lipinski definition) is 2. The van der Waals surface area contributed by atoms with Gasteiger partial charge in [-0.05, 0) is 35.0 Å². The van der Waals surface area contributed by atoms with E-state index in [9.17, 15) is 4.79 Å². The summed E-state index contributed by atoms with van der Waals surface area (Å²) in [5.41, 5.74) is 0.902. The van der Waals surface area contributed by atoms with Crippen molar-refractivity contribution in [3.63, 3.8) is 0 Å². The van der Waals surface area contributed by atoms with Gasteiger partial charge in [0.2, 0.25) is 0 Å². The van der Waals surface area contributed by atoms with Crippen LogP contribution in [0.15, 0.2) is 79.0 Å². The van der Waals surface area contributed by atoms with Crippen LogP contribution in [0.25, 0.3) is 21.7 Å². The maximum atomic E-state index is 12.4. The zero-order valence-electron chi connectivity index (χ0n) is 12.5. The number of carbonyl (C=O) groups is 1. The first-order chi connectivity index (χ1) is 11.3. The molecule has 0 atom stereocenters. The number of para-hydroxylation sites is 1. The molecule has 0 amide bonds. The topological polar surface area (TPSA) is 31.2 Å². The van der Waals surface area contributed by atoms with E-state index in [4.69, 9.17) is 4.74 Å². The summed E-state index contributed by atoms with van der Waals surface area (Å²) in [6.07, 6.45) is 1.79. The van der Waals surface area contributed by atoms with Crippen molar-refractivity contribution in [1.29, 1.82) is 0 Å². The summed E-state index contributed by atoms with van der Waals surface area (Å²) in [6.45, 7) is 0.0109. The predicted molar refractivity (Wildman–Crippen MR) is 92.0 cm³/mol. The Kier molecular flexibility index (Phi) is 3.31. The molecule has 0 unspecified atom stereocenters. The molecule has 0 aliphatic rings. The highest BCUT2D eigenvalue weighted by Gasteiger charge is 2.09. The quantitative estimate of drug-likeness (QED) is 0.557. The highest BCUT2D eigenvalue weighted by atomic mass is 16.5. The zero-order chi connectivity index (χ0) is 15.6. The molecule has 0 N–H and O–H groups in total. The number of rotatable bonds is 3. The predicted octanol–water partition coefficient (Wildman–Crippen LogP) is 4.51. The standard InChI is InChI=1S/C20H15NO2/c22-20(21-12-11-16-6-3-4-8-19(16)21)14-23-18-10-9-15-5-1-2-7-17(15)13-18/h1-13H,14H2. The fourth-order valence-electron chi connectivity index (χ4n) is 2.77. The number of fused-ring (bicyclic) bond motifs is 2. The molecule has 1 heterocycles. The first-order valence-electron chi connectivity index (χ1n) is 7.52. The van der Waals surface area contributed by atoms with Crippen LogP contribution >= 0.6 is 0 Å². The van der Waals surface area contributed by atoms with Crippen molar-refractivity contribution in [2.45, 2.75) is 0 Å². The zero-order valence-corrected chi connectivity index (χ0v) is 12.5. The van der Waals surface area contributed by atoms with Gasteiger partial charge in [0.15, 0.2) is 6.61 Å². The minimum absolute atomic E-state index is 0.0109. The highest BCUT2D eigenvalue weighted by Crippen LogP contribution is 2.21. The summed E-state index contributed by atoms with van der Waals surface area (Å²) in [4.78, 5) is 12.4. The number of ether oxygens (including phenoxy) is 1. The van der Waals surface area contributed by atoms with Gasteiger partial charge in [-0.15, -0.1) is 0 Å². The van der Waals surface area contributed by atoms with Crippen molar-refractivity contribution < 1.29 is 9.53 Å². The van der Waals surface area contributed by atoms with Crippen LogP contribution < -0.4 is 4.74 Å². The van der Waals surface area contributed by atoms with Crippen molar-refractivity contribution in [1.82, 2.24) is 4.57 Å². The van der Waals surface area contributed by atoms with Crippen LogP contribution in [0.2, 0.25) is 0 Å². The summed E-state index contributed by atoms with van der Waals surface area (Å²) >= 11 is 0. The molecule has 0 saturated heterocycles. The van der Waals surface area contributed by atoms with E-state index >= 15 is 0 Å². The van der Waals surface area contributed by atoms with E-state index in [1.54, 1.807) is 10.8 Å². The lowest BCUT2D eigenvalue weighted by molar-refractivity contribution is 0.0843. The van der Waals surface area contributed by atoms with Crippen LogP contribution in [-0.4, -0.2) is 17.1 Å². The van der Waals surface area contributed by atoms with Gasteiger partial charge >= 0.3 is 0 Å². The number of carbonyl (C=O) groups excluding carboxylic acids is 1. The van der Waals surface area contributed by atoms with E-state index < -0.39 is 0 Å². The lowest BCUT2D eigenvalue weighted by atomic mass is 10.1. The molecule has 3 nitrogen and oxygen atoms in total. The molecule has 4 aromatic rings. The normalized spacial score (nSPS) is 11.0. The molecule has 3 heteroatoms.